The Labute approximate surface area is 181 Å². The number of primary amides is 1. The number of fused-ring (bicyclic) bond motifs is 2. The van der Waals surface area contributed by atoms with E-state index in [4.69, 9.17) is 20.1 Å². The van der Waals surface area contributed by atoms with E-state index in [2.05, 4.69) is 33.6 Å². The van der Waals surface area contributed by atoms with Crippen molar-refractivity contribution in [2.45, 2.75) is 30.9 Å². The first-order valence-electron chi connectivity index (χ1n) is 10.9. The monoisotopic (exact) mass is 431 g/mol. The maximum absolute atomic E-state index is 13.7. The topological polar surface area (TPSA) is 110 Å². The molecule has 1 aromatic carbocycles. The average molecular weight is 431 g/mol. The third-order valence-electron chi connectivity index (χ3n) is 6.85. The summed E-state index contributed by atoms with van der Waals surface area (Å²) in [7, 11) is 0. The number of amides is 2. The molecule has 5 rings (SSSR count). The summed E-state index contributed by atoms with van der Waals surface area (Å²) in [5.41, 5.74) is 10.3. The van der Waals surface area contributed by atoms with Crippen molar-refractivity contribution in [2.24, 2.45) is 5.73 Å². The minimum atomic E-state index is -0.548. The van der Waals surface area contributed by atoms with Gasteiger partial charge in [0, 0.05) is 51.5 Å². The van der Waals surface area contributed by atoms with Gasteiger partial charge >= 0.3 is 0 Å². The van der Waals surface area contributed by atoms with Crippen LogP contribution in [0.15, 0.2) is 18.2 Å². The first-order chi connectivity index (χ1) is 15.1. The largest absolute Gasteiger partial charge is 0.381 e. The van der Waals surface area contributed by atoms with Gasteiger partial charge in [-0.05, 0) is 30.5 Å². The number of hydrogen-bond acceptors (Lipinski definition) is 8. The minimum Gasteiger partial charge on any atom is -0.381 e. The normalized spacial score (nSPS) is 26.3. The Balaban J connectivity index is 1.44. The molecule has 3 fully saturated rings. The summed E-state index contributed by atoms with van der Waals surface area (Å²) < 4.78 is 5.58. The molecule has 1 spiro atoms. The molecule has 3 N–H and O–H groups in total. The Kier molecular flexibility index (Phi) is 5.57. The van der Waals surface area contributed by atoms with Gasteiger partial charge in [-0.25, -0.2) is 0 Å². The summed E-state index contributed by atoms with van der Waals surface area (Å²) in [6.07, 6.45) is 1.54. The van der Waals surface area contributed by atoms with Crippen LogP contribution in [-0.4, -0.2) is 75.5 Å². The van der Waals surface area contributed by atoms with E-state index in [0.717, 1.165) is 43.1 Å². The number of benzene rings is 1. The predicted octanol–water partition coefficient (Wildman–Crippen LogP) is -0.129. The molecule has 4 aliphatic rings. The number of piperazine rings is 1. The first kappa shape index (κ1) is 20.7. The molecule has 1 aromatic rings. The van der Waals surface area contributed by atoms with E-state index >= 15 is 0 Å². The number of carbonyl (C=O) groups is 2. The van der Waals surface area contributed by atoms with Gasteiger partial charge in [0.25, 0.3) is 0 Å². The Bertz CT molecular complexity index is 845. The summed E-state index contributed by atoms with van der Waals surface area (Å²) >= 11 is 0. The fourth-order valence-electron chi connectivity index (χ4n) is 5.18. The number of carbonyl (C=O) groups excluding carboxylic acids is 2. The molecule has 10 nitrogen and oxygen atoms in total. The molecule has 0 saturated carbocycles. The van der Waals surface area contributed by atoms with E-state index in [9.17, 15) is 9.59 Å². The van der Waals surface area contributed by atoms with Crippen molar-refractivity contribution < 1.29 is 24.0 Å². The van der Waals surface area contributed by atoms with Gasteiger partial charge in [-0.15, -0.1) is 0 Å². The van der Waals surface area contributed by atoms with Crippen molar-refractivity contribution in [2.75, 3.05) is 62.3 Å². The standard InChI is InChI=1S/C21H29N5O5/c22-18(27)14-24-6-8-25(9-7-24)15-1-2-16-17(13-15)26(19-3-10-30-23-31-19)20(28)21(16)4-11-29-12-5-21/h1-2,13,19,23H,3-12,14H2,(H2,22,27). The lowest BCUT2D eigenvalue weighted by Gasteiger charge is -2.36. The molecule has 1 unspecified atom stereocenters. The zero-order valence-corrected chi connectivity index (χ0v) is 17.5. The fourth-order valence-corrected chi connectivity index (χ4v) is 5.18. The van der Waals surface area contributed by atoms with E-state index in [1.54, 1.807) is 0 Å². The lowest BCUT2D eigenvalue weighted by atomic mass is 9.75. The van der Waals surface area contributed by atoms with Gasteiger partial charge in [0.05, 0.1) is 24.3 Å². The van der Waals surface area contributed by atoms with Gasteiger partial charge < -0.3 is 15.4 Å². The summed E-state index contributed by atoms with van der Waals surface area (Å²) in [4.78, 5) is 41.8. The maximum Gasteiger partial charge on any atom is 0.240 e. The first-order valence-corrected chi connectivity index (χ1v) is 10.9. The Hall–Kier alpha value is -2.24. The number of ether oxygens (including phenoxy) is 1. The molecule has 4 heterocycles. The van der Waals surface area contributed by atoms with E-state index in [1.165, 1.54) is 0 Å². The van der Waals surface area contributed by atoms with Crippen LogP contribution in [0.25, 0.3) is 0 Å². The van der Waals surface area contributed by atoms with Gasteiger partial charge in [0.15, 0.2) is 6.23 Å². The second-order valence-corrected chi connectivity index (χ2v) is 8.59. The molecule has 168 valence electrons. The molecule has 10 heteroatoms. The summed E-state index contributed by atoms with van der Waals surface area (Å²) in [5.74, 6) is -0.213. The lowest BCUT2D eigenvalue weighted by Crippen LogP contribution is -2.51. The van der Waals surface area contributed by atoms with Crippen LogP contribution >= 0.6 is 0 Å². The van der Waals surface area contributed by atoms with Crippen molar-refractivity contribution >= 4 is 23.2 Å². The Morgan fingerprint density at radius 3 is 2.61 bits per heavy atom. The minimum absolute atomic E-state index is 0.0860. The zero-order valence-electron chi connectivity index (χ0n) is 17.5. The molecular formula is C21H29N5O5. The van der Waals surface area contributed by atoms with Crippen LogP contribution in [0.5, 0.6) is 0 Å². The van der Waals surface area contributed by atoms with Crippen LogP contribution < -0.4 is 21.2 Å². The average Bonchev–Trinajstić information content (AvgIpc) is 3.02. The number of rotatable bonds is 4. The zero-order chi connectivity index (χ0) is 21.4. The predicted molar refractivity (Wildman–Crippen MR) is 112 cm³/mol. The van der Waals surface area contributed by atoms with Gasteiger partial charge in [0.2, 0.25) is 11.8 Å². The quantitative estimate of drug-likeness (QED) is 0.679. The van der Waals surface area contributed by atoms with Gasteiger partial charge in [-0.1, -0.05) is 11.7 Å². The highest BCUT2D eigenvalue weighted by atomic mass is 16.9. The lowest BCUT2D eigenvalue weighted by molar-refractivity contribution is -0.238. The van der Waals surface area contributed by atoms with E-state index in [1.807, 2.05) is 4.90 Å². The van der Waals surface area contributed by atoms with E-state index in [-0.39, 0.29) is 11.8 Å². The van der Waals surface area contributed by atoms with Crippen molar-refractivity contribution in [1.29, 1.82) is 0 Å². The van der Waals surface area contributed by atoms with Crippen molar-refractivity contribution in [3.63, 3.8) is 0 Å². The molecule has 31 heavy (non-hydrogen) atoms. The van der Waals surface area contributed by atoms with Crippen LogP contribution in [0.2, 0.25) is 0 Å². The highest BCUT2D eigenvalue weighted by Crippen LogP contribution is 2.50. The van der Waals surface area contributed by atoms with Gasteiger partial charge in [-0.2, -0.15) is 0 Å². The molecule has 0 radical (unpaired) electrons. The highest BCUT2D eigenvalue weighted by Gasteiger charge is 2.53. The second kappa shape index (κ2) is 8.36. The number of hydrogen-bond donors (Lipinski definition) is 2. The Morgan fingerprint density at radius 1 is 1.16 bits per heavy atom. The third-order valence-corrected chi connectivity index (χ3v) is 6.85. The van der Waals surface area contributed by atoms with Crippen molar-refractivity contribution in [3.05, 3.63) is 23.8 Å². The number of nitrogens with zero attached hydrogens (tertiary/aromatic N) is 3. The molecule has 1 atom stereocenters. The van der Waals surface area contributed by atoms with Gasteiger partial charge in [-0.3, -0.25) is 29.1 Å². The Morgan fingerprint density at radius 2 is 1.94 bits per heavy atom. The van der Waals surface area contributed by atoms with E-state index in [0.29, 0.717) is 45.6 Å². The number of nitrogens with one attached hydrogen (secondary N) is 1. The second-order valence-electron chi connectivity index (χ2n) is 8.59. The number of anilines is 2. The van der Waals surface area contributed by atoms with Gasteiger partial charge in [0.1, 0.15) is 0 Å². The molecule has 0 aromatic heterocycles. The smallest absolute Gasteiger partial charge is 0.240 e. The van der Waals surface area contributed by atoms with Crippen LogP contribution in [0.4, 0.5) is 11.4 Å². The molecule has 0 aliphatic carbocycles. The highest BCUT2D eigenvalue weighted by molar-refractivity contribution is 6.09. The third kappa shape index (κ3) is 3.68. The van der Waals surface area contributed by atoms with Crippen LogP contribution in [0.1, 0.15) is 24.8 Å². The van der Waals surface area contributed by atoms with Crippen LogP contribution in [0.3, 0.4) is 0 Å². The maximum atomic E-state index is 13.7. The number of nitrogens with two attached hydrogens (primary N) is 1. The van der Waals surface area contributed by atoms with Crippen LogP contribution in [-0.2, 0) is 29.4 Å². The SMILES string of the molecule is NC(=O)CN1CCN(c2ccc3c(c2)N(C2CCONO2)C(=O)C32CCOCC2)CC1. The molecule has 4 aliphatic heterocycles. The summed E-state index contributed by atoms with van der Waals surface area (Å²) in [5, 5.41) is 0. The molecular weight excluding hydrogens is 402 g/mol. The summed E-state index contributed by atoms with van der Waals surface area (Å²) in [6, 6.07) is 6.33. The molecule has 2 amide bonds. The van der Waals surface area contributed by atoms with Crippen molar-refractivity contribution in [1.82, 2.24) is 10.5 Å². The fraction of sp³-hybridized carbons (Fsp3) is 0.619. The summed E-state index contributed by atoms with van der Waals surface area (Å²) in [6.45, 7) is 5.07. The van der Waals surface area contributed by atoms with Crippen LogP contribution in [0, 0.1) is 0 Å². The van der Waals surface area contributed by atoms with E-state index < -0.39 is 11.6 Å². The van der Waals surface area contributed by atoms with Crippen molar-refractivity contribution in [3.8, 4) is 0 Å². The molecule has 0 bridgehead atoms. The molecule has 3 saturated heterocycles.